The molecule has 0 bridgehead atoms. The summed E-state index contributed by atoms with van der Waals surface area (Å²) in [4.78, 5) is 19.5. The number of hydrogen-bond acceptors (Lipinski definition) is 6. The lowest BCUT2D eigenvalue weighted by atomic mass is 9.87. The molecule has 11 heteroatoms. The molecule has 0 spiro atoms. The van der Waals surface area contributed by atoms with E-state index in [2.05, 4.69) is 4.98 Å². The van der Waals surface area contributed by atoms with Gasteiger partial charge in [-0.3, -0.25) is 4.79 Å². The molecule has 36 heavy (non-hydrogen) atoms. The average Bonchev–Trinajstić information content (AvgIpc) is 3.29. The van der Waals surface area contributed by atoms with Crippen molar-refractivity contribution in [3.05, 3.63) is 57.7 Å². The van der Waals surface area contributed by atoms with Gasteiger partial charge in [0.2, 0.25) is 21.8 Å². The number of piperidine rings is 1. The van der Waals surface area contributed by atoms with E-state index in [1.807, 2.05) is 23.1 Å². The van der Waals surface area contributed by atoms with Crippen LogP contribution in [0.4, 0.5) is 0 Å². The highest BCUT2D eigenvalue weighted by Crippen LogP contribution is 2.38. The average molecular weight is 551 g/mol. The normalized spacial score (nSPS) is 21.3. The second-order valence-corrected chi connectivity index (χ2v) is 12.2. The number of halogens is 2. The highest BCUT2D eigenvalue weighted by Gasteiger charge is 2.39. The van der Waals surface area contributed by atoms with Gasteiger partial charge in [-0.2, -0.15) is 5.26 Å². The van der Waals surface area contributed by atoms with Crippen LogP contribution in [0.3, 0.4) is 0 Å². The Morgan fingerprint density at radius 3 is 2.53 bits per heavy atom. The fourth-order valence-corrected chi connectivity index (χ4v) is 6.18. The summed E-state index contributed by atoms with van der Waals surface area (Å²) in [5.74, 6) is 0.544. The molecule has 3 heterocycles. The molecule has 0 N–H and O–H groups in total. The van der Waals surface area contributed by atoms with Gasteiger partial charge in [0.15, 0.2) is 0 Å². The first-order valence-corrected chi connectivity index (χ1v) is 14.4. The molecular formula is C25H28Cl2N4O4S. The van der Waals surface area contributed by atoms with Gasteiger partial charge in [-0.05, 0) is 48.9 Å². The second-order valence-electron chi connectivity index (χ2n) is 9.35. The van der Waals surface area contributed by atoms with Crippen LogP contribution < -0.4 is 4.74 Å². The number of aromatic nitrogens is 1. The number of nitrogens with zero attached hydrogens (tertiary/aromatic N) is 4. The number of benzene rings is 1. The van der Waals surface area contributed by atoms with E-state index in [1.165, 1.54) is 16.8 Å². The molecule has 2 aromatic rings. The minimum Gasteiger partial charge on any atom is -0.478 e. The van der Waals surface area contributed by atoms with Gasteiger partial charge in [0.1, 0.15) is 6.07 Å². The van der Waals surface area contributed by atoms with Crippen LogP contribution >= 0.6 is 23.2 Å². The molecule has 2 aliphatic rings. The largest absolute Gasteiger partial charge is 0.478 e. The predicted octanol–water partition coefficient (Wildman–Crippen LogP) is 3.94. The smallest absolute Gasteiger partial charge is 0.225 e. The molecule has 0 aliphatic carbocycles. The van der Waals surface area contributed by atoms with Gasteiger partial charge in [-0.1, -0.05) is 29.3 Å². The first kappa shape index (κ1) is 26.7. The number of carbonyl (C=O) groups excluding carboxylic acids is 1. The van der Waals surface area contributed by atoms with Crippen LogP contribution in [-0.2, 0) is 14.8 Å². The van der Waals surface area contributed by atoms with Crippen molar-refractivity contribution in [1.82, 2.24) is 14.2 Å². The van der Waals surface area contributed by atoms with E-state index in [9.17, 15) is 13.2 Å². The van der Waals surface area contributed by atoms with Crippen molar-refractivity contribution in [3.63, 3.8) is 0 Å². The number of likely N-dealkylation sites (tertiary alicyclic amines) is 1. The summed E-state index contributed by atoms with van der Waals surface area (Å²) in [6.45, 7) is 2.29. The Morgan fingerprint density at radius 1 is 1.17 bits per heavy atom. The van der Waals surface area contributed by atoms with Crippen molar-refractivity contribution < 1.29 is 17.9 Å². The van der Waals surface area contributed by atoms with Gasteiger partial charge in [-0.15, -0.1) is 0 Å². The van der Waals surface area contributed by atoms with E-state index in [-0.39, 0.29) is 23.7 Å². The molecule has 0 saturated carbocycles. The maximum atomic E-state index is 13.4. The summed E-state index contributed by atoms with van der Waals surface area (Å²) in [7, 11) is -3.24. The van der Waals surface area contributed by atoms with Crippen LogP contribution in [0.15, 0.2) is 36.5 Å². The van der Waals surface area contributed by atoms with Crippen molar-refractivity contribution in [2.24, 2.45) is 11.8 Å². The minimum absolute atomic E-state index is 0.0670. The predicted molar refractivity (Wildman–Crippen MR) is 137 cm³/mol. The van der Waals surface area contributed by atoms with Gasteiger partial charge >= 0.3 is 0 Å². The fourth-order valence-electron chi connectivity index (χ4n) is 5.00. The van der Waals surface area contributed by atoms with Gasteiger partial charge in [-0.25, -0.2) is 17.7 Å². The zero-order valence-corrected chi connectivity index (χ0v) is 22.3. The van der Waals surface area contributed by atoms with Crippen molar-refractivity contribution in [3.8, 4) is 11.9 Å². The highest BCUT2D eigenvalue weighted by atomic mass is 35.5. The molecule has 1 aromatic carbocycles. The van der Waals surface area contributed by atoms with Crippen molar-refractivity contribution in [2.45, 2.75) is 25.2 Å². The van der Waals surface area contributed by atoms with E-state index >= 15 is 0 Å². The number of nitriles is 1. The lowest BCUT2D eigenvalue weighted by Gasteiger charge is -2.31. The minimum atomic E-state index is -3.24. The van der Waals surface area contributed by atoms with Crippen LogP contribution in [-0.4, -0.2) is 67.6 Å². The van der Waals surface area contributed by atoms with E-state index < -0.39 is 10.0 Å². The molecule has 1 aromatic heterocycles. The summed E-state index contributed by atoms with van der Waals surface area (Å²) in [6, 6.07) is 11.0. The van der Waals surface area contributed by atoms with Crippen molar-refractivity contribution in [1.29, 1.82) is 5.26 Å². The SMILES string of the molecule is CS(=O)(=O)N1CCC(C(=O)N2CC(CCOc3ccc(C#N)cn3)C(c3ccc(Cl)c(Cl)c3)C2)CC1. The van der Waals surface area contributed by atoms with Crippen LogP contribution in [0.25, 0.3) is 0 Å². The standard InChI is InChI=1S/C25H28Cl2N4O4S/c1-36(33,34)31-9-6-18(7-10-31)25(32)30-15-20(8-11-35-24-5-2-17(13-28)14-29-24)21(16-30)19-3-4-22(26)23(27)12-19/h2-5,12,14,18,20-21H,6-11,15-16H2,1H3. The lowest BCUT2D eigenvalue weighted by Crippen LogP contribution is -2.43. The van der Waals surface area contributed by atoms with Crippen LogP contribution in [0.1, 0.15) is 36.3 Å². The van der Waals surface area contributed by atoms with Crippen molar-refractivity contribution in [2.75, 3.05) is 39.0 Å². The van der Waals surface area contributed by atoms with Crippen LogP contribution in [0.2, 0.25) is 10.0 Å². The topological polar surface area (TPSA) is 104 Å². The molecule has 2 saturated heterocycles. The Morgan fingerprint density at radius 2 is 1.92 bits per heavy atom. The number of hydrogen-bond donors (Lipinski definition) is 0. The Hall–Kier alpha value is -2.38. The van der Waals surface area contributed by atoms with Crippen molar-refractivity contribution >= 4 is 39.1 Å². The molecule has 4 rings (SSSR count). The molecule has 192 valence electrons. The molecule has 2 atom stereocenters. The molecule has 2 fully saturated rings. The molecule has 2 unspecified atom stereocenters. The van der Waals surface area contributed by atoms with Gasteiger partial charge in [0.25, 0.3) is 0 Å². The first-order valence-electron chi connectivity index (χ1n) is 11.8. The number of carbonyl (C=O) groups is 1. The molecule has 0 radical (unpaired) electrons. The Balaban J connectivity index is 1.43. The maximum absolute atomic E-state index is 13.4. The summed E-state index contributed by atoms with van der Waals surface area (Å²) >= 11 is 12.4. The summed E-state index contributed by atoms with van der Waals surface area (Å²) in [5.41, 5.74) is 1.49. The monoisotopic (exact) mass is 550 g/mol. The van der Waals surface area contributed by atoms with E-state index in [0.29, 0.717) is 73.5 Å². The second kappa shape index (κ2) is 11.3. The fraction of sp³-hybridized carbons (Fsp3) is 0.480. The summed E-state index contributed by atoms with van der Waals surface area (Å²) < 4.78 is 30.9. The third-order valence-corrected chi connectivity index (χ3v) is 9.04. The number of rotatable bonds is 7. The highest BCUT2D eigenvalue weighted by molar-refractivity contribution is 7.88. The van der Waals surface area contributed by atoms with E-state index in [1.54, 1.807) is 18.2 Å². The molecule has 2 aliphatic heterocycles. The third-order valence-electron chi connectivity index (χ3n) is 7.00. The zero-order chi connectivity index (χ0) is 25.9. The third kappa shape index (κ3) is 6.30. The van der Waals surface area contributed by atoms with Gasteiger partial charge in [0, 0.05) is 50.3 Å². The zero-order valence-electron chi connectivity index (χ0n) is 19.9. The Bertz CT molecular complexity index is 1240. The number of sulfonamides is 1. The number of pyridine rings is 1. The Kier molecular flexibility index (Phi) is 8.41. The maximum Gasteiger partial charge on any atom is 0.225 e. The number of ether oxygens (including phenoxy) is 1. The van der Waals surface area contributed by atoms with E-state index in [4.69, 9.17) is 33.2 Å². The van der Waals surface area contributed by atoms with E-state index in [0.717, 1.165) is 5.56 Å². The molecule has 1 amide bonds. The quantitative estimate of drug-likeness (QED) is 0.517. The summed E-state index contributed by atoms with van der Waals surface area (Å²) in [5, 5.41) is 9.88. The first-order chi connectivity index (χ1) is 17.2. The molecular weight excluding hydrogens is 523 g/mol. The summed E-state index contributed by atoms with van der Waals surface area (Å²) in [6.07, 6.45) is 4.43. The molecule has 8 nitrogen and oxygen atoms in total. The van der Waals surface area contributed by atoms with Gasteiger partial charge < -0.3 is 9.64 Å². The van der Waals surface area contributed by atoms with Crippen LogP contribution in [0.5, 0.6) is 5.88 Å². The lowest BCUT2D eigenvalue weighted by molar-refractivity contribution is -0.135. The Labute approximate surface area is 221 Å². The van der Waals surface area contributed by atoms with Gasteiger partial charge in [0.05, 0.1) is 28.5 Å². The van der Waals surface area contributed by atoms with Crippen LogP contribution in [0, 0.1) is 23.2 Å². The number of amides is 1.